The lowest BCUT2D eigenvalue weighted by Gasteiger charge is -2.35. The number of esters is 1. The number of hydrogen-bond donors (Lipinski definition) is 0. The first-order valence-corrected chi connectivity index (χ1v) is 20.1. The number of Topliss-reactive ketones (excluding diaryl/α,β-unsaturated/α-hetero) is 1. The van der Waals surface area contributed by atoms with E-state index in [0.717, 1.165) is 49.1 Å². The van der Waals surface area contributed by atoms with Crippen LogP contribution in [-0.2, 0) is 23.2 Å². The van der Waals surface area contributed by atoms with Crippen molar-refractivity contribution in [1.82, 2.24) is 0 Å². The van der Waals surface area contributed by atoms with Gasteiger partial charge in [0.15, 0.2) is 22.4 Å². The zero-order chi connectivity index (χ0) is 28.2. The Labute approximate surface area is 234 Å². The third-order valence-corrected chi connectivity index (χ3v) is 18.2. The summed E-state index contributed by atoms with van der Waals surface area (Å²) in [5, 5.41) is 0. The standard InChI is InChI=1S/C31H52O5Si2/c1-8-37(9-2,10-3)35-26-20-15-14-16-22-30(36-38(11-4,12-5)13-6)25(7)19-17-18-21-28-29(32)24-27(23-26)34-31(28)33/h14-18,21-22,25-27,30H,8-13,19-20,23-24H2,1-7H3/b15-14+,18-17+,22-16-,28-21-/t25-,26-,27+,30+/m0/s1. The summed E-state index contributed by atoms with van der Waals surface area (Å²) in [5.74, 6) is -0.388. The molecule has 1 aliphatic carbocycles. The molecule has 0 aromatic rings. The Kier molecular flexibility index (Phi) is 13.7. The first kappa shape index (κ1) is 32.7. The molecule has 0 aromatic heterocycles. The highest BCUT2D eigenvalue weighted by molar-refractivity contribution is 6.74. The second-order valence-corrected chi connectivity index (χ2v) is 20.4. The molecular formula is C31H52O5Si2. The molecule has 4 atom stereocenters. The van der Waals surface area contributed by atoms with Crippen molar-refractivity contribution in [2.24, 2.45) is 5.92 Å². The quantitative estimate of drug-likeness (QED) is 0.154. The van der Waals surface area contributed by atoms with Crippen molar-refractivity contribution >= 4 is 28.4 Å². The average Bonchev–Trinajstić information content (AvgIpc) is 2.92. The summed E-state index contributed by atoms with van der Waals surface area (Å²) < 4.78 is 19.5. The fraction of sp³-hybridized carbons (Fsp3) is 0.677. The third-order valence-electron chi connectivity index (χ3n) is 8.82. The largest absolute Gasteiger partial charge is 0.458 e. The normalized spacial score (nSPS) is 29.7. The number of fused-ring (bicyclic) bond motifs is 11. The average molecular weight is 561 g/mol. The summed E-state index contributed by atoms with van der Waals surface area (Å²) in [7, 11) is -3.66. The van der Waals surface area contributed by atoms with E-state index in [4.69, 9.17) is 13.6 Å². The predicted molar refractivity (Wildman–Crippen MR) is 162 cm³/mol. The van der Waals surface area contributed by atoms with Gasteiger partial charge in [-0.05, 0) is 61.1 Å². The van der Waals surface area contributed by atoms with Gasteiger partial charge in [0.25, 0.3) is 0 Å². The maximum absolute atomic E-state index is 12.9. The molecule has 0 N–H and O–H groups in total. The molecule has 0 amide bonds. The minimum Gasteiger partial charge on any atom is -0.458 e. The number of carbonyl (C=O) groups excluding carboxylic acids is 2. The zero-order valence-corrected chi connectivity index (χ0v) is 27.0. The highest BCUT2D eigenvalue weighted by Crippen LogP contribution is 2.30. The van der Waals surface area contributed by atoms with E-state index in [1.807, 2.05) is 12.2 Å². The van der Waals surface area contributed by atoms with E-state index >= 15 is 0 Å². The molecule has 3 aliphatic rings. The van der Waals surface area contributed by atoms with Crippen LogP contribution in [-0.4, -0.2) is 46.7 Å². The van der Waals surface area contributed by atoms with E-state index < -0.39 is 28.7 Å². The second-order valence-electron chi connectivity index (χ2n) is 11.0. The SMILES string of the molecule is CC[Si](CC)(CC)O[C@H]1C/C=C/C=C\[C@@H](O[Si](CC)(CC)CC)[C@@H](C)C/C=C/C=C2/C(=O)C[C@@H](C1)OC2=O. The summed E-state index contributed by atoms with van der Waals surface area (Å²) in [6.07, 6.45) is 15.9. The minimum atomic E-state index is -1.87. The lowest BCUT2D eigenvalue weighted by Crippen LogP contribution is -2.42. The number of allylic oxidation sites excluding steroid dienone is 5. The Morgan fingerprint density at radius 2 is 1.39 bits per heavy atom. The number of ether oxygens (including phenoxy) is 1. The van der Waals surface area contributed by atoms with Crippen LogP contribution in [0.5, 0.6) is 0 Å². The van der Waals surface area contributed by atoms with Crippen molar-refractivity contribution < 1.29 is 23.2 Å². The van der Waals surface area contributed by atoms with Crippen LogP contribution in [0.3, 0.4) is 0 Å². The fourth-order valence-corrected chi connectivity index (χ4v) is 11.3. The van der Waals surface area contributed by atoms with Gasteiger partial charge in [-0.25, -0.2) is 4.79 Å². The van der Waals surface area contributed by atoms with E-state index in [1.165, 1.54) is 0 Å². The van der Waals surface area contributed by atoms with Gasteiger partial charge >= 0.3 is 5.97 Å². The van der Waals surface area contributed by atoms with Crippen LogP contribution in [0.15, 0.2) is 48.1 Å². The van der Waals surface area contributed by atoms with Crippen LogP contribution >= 0.6 is 0 Å². The topological polar surface area (TPSA) is 61.8 Å². The van der Waals surface area contributed by atoms with Crippen molar-refractivity contribution in [2.45, 2.75) is 129 Å². The monoisotopic (exact) mass is 560 g/mol. The zero-order valence-electron chi connectivity index (χ0n) is 25.0. The molecule has 2 bridgehead atoms. The van der Waals surface area contributed by atoms with Crippen molar-refractivity contribution in [2.75, 3.05) is 0 Å². The van der Waals surface area contributed by atoms with Gasteiger partial charge in [0.05, 0.1) is 12.2 Å². The maximum atomic E-state index is 12.9. The Hall–Kier alpha value is -1.55. The smallest absolute Gasteiger partial charge is 0.342 e. The molecule has 0 spiro atoms. The molecule has 0 aromatic carbocycles. The lowest BCUT2D eigenvalue weighted by molar-refractivity contribution is -0.152. The lowest BCUT2D eigenvalue weighted by atomic mass is 9.96. The van der Waals surface area contributed by atoms with E-state index in [1.54, 1.807) is 6.08 Å². The molecule has 1 fully saturated rings. The molecular weight excluding hydrogens is 509 g/mol. The minimum absolute atomic E-state index is 0.0222. The van der Waals surface area contributed by atoms with Crippen LogP contribution < -0.4 is 0 Å². The van der Waals surface area contributed by atoms with Crippen LogP contribution in [0.4, 0.5) is 0 Å². The Balaban J connectivity index is 2.39. The van der Waals surface area contributed by atoms with Crippen LogP contribution in [0, 0.1) is 5.92 Å². The van der Waals surface area contributed by atoms with Crippen LogP contribution in [0.25, 0.3) is 0 Å². The molecule has 2 heterocycles. The van der Waals surface area contributed by atoms with Crippen molar-refractivity contribution in [3.8, 4) is 0 Å². The summed E-state index contributed by atoms with van der Waals surface area (Å²) >= 11 is 0. The highest BCUT2D eigenvalue weighted by atomic mass is 28.4. The predicted octanol–water partition coefficient (Wildman–Crippen LogP) is 8.07. The Morgan fingerprint density at radius 1 is 0.816 bits per heavy atom. The van der Waals surface area contributed by atoms with Crippen molar-refractivity contribution in [3.05, 3.63) is 48.1 Å². The maximum Gasteiger partial charge on any atom is 0.342 e. The Bertz CT molecular complexity index is 846. The first-order chi connectivity index (χ1) is 18.2. The molecule has 0 radical (unpaired) electrons. The number of carbonyl (C=O) groups is 2. The van der Waals surface area contributed by atoms with Gasteiger partial charge < -0.3 is 13.6 Å². The molecule has 5 nitrogen and oxygen atoms in total. The van der Waals surface area contributed by atoms with Crippen molar-refractivity contribution in [3.63, 3.8) is 0 Å². The molecule has 38 heavy (non-hydrogen) atoms. The third kappa shape index (κ3) is 9.00. The molecule has 7 heteroatoms. The van der Waals surface area contributed by atoms with Gasteiger partial charge in [0.2, 0.25) is 0 Å². The van der Waals surface area contributed by atoms with Crippen LogP contribution in [0.2, 0.25) is 36.3 Å². The van der Waals surface area contributed by atoms with Crippen molar-refractivity contribution in [1.29, 1.82) is 0 Å². The fourth-order valence-electron chi connectivity index (χ4n) is 5.53. The van der Waals surface area contributed by atoms with Gasteiger partial charge in [0, 0.05) is 12.8 Å². The molecule has 0 unspecified atom stereocenters. The van der Waals surface area contributed by atoms with E-state index in [2.05, 4.69) is 72.8 Å². The van der Waals surface area contributed by atoms with Crippen LogP contribution in [0.1, 0.15) is 74.1 Å². The molecule has 1 saturated heterocycles. The molecule has 214 valence electrons. The summed E-state index contributed by atoms with van der Waals surface area (Å²) in [6.45, 7) is 15.7. The van der Waals surface area contributed by atoms with E-state index in [9.17, 15) is 9.59 Å². The van der Waals surface area contributed by atoms with Gasteiger partial charge in [-0.3, -0.25) is 4.79 Å². The van der Waals surface area contributed by atoms with Gasteiger partial charge in [-0.1, -0.05) is 84.9 Å². The Morgan fingerprint density at radius 3 is 1.97 bits per heavy atom. The highest BCUT2D eigenvalue weighted by Gasteiger charge is 2.37. The molecule has 3 rings (SSSR count). The second kappa shape index (κ2) is 15.9. The van der Waals surface area contributed by atoms with E-state index in [0.29, 0.717) is 6.42 Å². The number of hydrogen-bond acceptors (Lipinski definition) is 5. The van der Waals surface area contributed by atoms with E-state index in [-0.39, 0.29) is 35.9 Å². The van der Waals surface area contributed by atoms with Gasteiger partial charge in [-0.2, -0.15) is 0 Å². The first-order valence-electron chi connectivity index (χ1n) is 15.0. The summed E-state index contributed by atoms with van der Waals surface area (Å²) in [6, 6.07) is 6.48. The number of rotatable bonds is 10. The van der Waals surface area contributed by atoms with Gasteiger partial charge in [0.1, 0.15) is 11.7 Å². The molecule has 0 saturated carbocycles. The number of ketones is 1. The van der Waals surface area contributed by atoms with Gasteiger partial charge in [-0.15, -0.1) is 0 Å². The summed E-state index contributed by atoms with van der Waals surface area (Å²) in [5.41, 5.74) is 0.147. The summed E-state index contributed by atoms with van der Waals surface area (Å²) in [4.78, 5) is 25.6. The molecule has 2 aliphatic heterocycles.